The molecule has 108 valence electrons. The van der Waals surface area contributed by atoms with Gasteiger partial charge in [0.25, 0.3) is 5.91 Å². The van der Waals surface area contributed by atoms with Crippen molar-refractivity contribution in [2.45, 2.75) is 20.0 Å². The Morgan fingerprint density at radius 2 is 2.29 bits per heavy atom. The number of hydrogen-bond donors (Lipinski definition) is 2. The van der Waals surface area contributed by atoms with Gasteiger partial charge in [-0.3, -0.25) is 9.89 Å². The molecule has 0 aliphatic heterocycles. The number of carbonyl (C=O) groups is 1. The molecule has 0 unspecified atom stereocenters. The van der Waals surface area contributed by atoms with Crippen LogP contribution in [0.15, 0.2) is 29.6 Å². The lowest BCUT2D eigenvalue weighted by molar-refractivity contribution is 0.0951. The van der Waals surface area contributed by atoms with Crippen LogP contribution in [-0.4, -0.2) is 20.7 Å². The van der Waals surface area contributed by atoms with Crippen molar-refractivity contribution in [3.8, 4) is 0 Å². The minimum absolute atomic E-state index is 0.0935. The number of hydrogen-bond acceptors (Lipinski definition) is 4. The van der Waals surface area contributed by atoms with Gasteiger partial charge in [-0.25, -0.2) is 0 Å². The van der Waals surface area contributed by atoms with Crippen LogP contribution in [0.4, 0.5) is 0 Å². The Kier molecular flexibility index (Phi) is 3.85. The van der Waals surface area contributed by atoms with Crippen LogP contribution in [0, 0.1) is 4.77 Å². The summed E-state index contributed by atoms with van der Waals surface area (Å²) < 4.78 is 3.54. The quantitative estimate of drug-likeness (QED) is 0.727. The summed E-state index contributed by atoms with van der Waals surface area (Å²) in [5.41, 5.74) is 0.702. The van der Waals surface area contributed by atoms with Crippen LogP contribution >= 0.6 is 23.6 Å². The van der Waals surface area contributed by atoms with E-state index in [1.807, 2.05) is 41.1 Å². The maximum Gasteiger partial charge on any atom is 0.253 e. The van der Waals surface area contributed by atoms with Gasteiger partial charge in [-0.15, -0.1) is 11.3 Å². The number of nitrogens with one attached hydrogen (secondary N) is 2. The van der Waals surface area contributed by atoms with Crippen LogP contribution in [0.25, 0.3) is 10.1 Å². The average Bonchev–Trinajstić information content (AvgIpc) is 3.08. The zero-order chi connectivity index (χ0) is 14.8. The molecule has 1 amide bonds. The minimum atomic E-state index is -0.0935. The van der Waals surface area contributed by atoms with Crippen LogP contribution in [-0.2, 0) is 13.1 Å². The SMILES string of the molecule is CCn1c(CNC(=O)c2csc3ccccc23)n[nH]c1=S. The third kappa shape index (κ3) is 2.62. The van der Waals surface area contributed by atoms with Gasteiger partial charge in [0.1, 0.15) is 0 Å². The number of benzene rings is 1. The molecule has 0 saturated heterocycles. The van der Waals surface area contributed by atoms with E-state index in [0.29, 0.717) is 16.9 Å². The molecule has 0 bridgehead atoms. The van der Waals surface area contributed by atoms with Crippen LogP contribution in [0.2, 0.25) is 0 Å². The predicted octanol–water partition coefficient (Wildman–Crippen LogP) is 3.11. The molecular formula is C14H14N4OS2. The first kappa shape index (κ1) is 14.0. The van der Waals surface area contributed by atoms with Gasteiger partial charge in [-0.05, 0) is 25.2 Å². The molecule has 0 spiro atoms. The van der Waals surface area contributed by atoms with E-state index in [1.165, 1.54) is 0 Å². The highest BCUT2D eigenvalue weighted by Crippen LogP contribution is 2.25. The summed E-state index contributed by atoms with van der Waals surface area (Å²) in [4.78, 5) is 12.3. The largest absolute Gasteiger partial charge is 0.345 e. The van der Waals surface area contributed by atoms with Crippen LogP contribution in [0.5, 0.6) is 0 Å². The van der Waals surface area contributed by atoms with E-state index in [2.05, 4.69) is 15.5 Å². The number of aromatic amines is 1. The Morgan fingerprint density at radius 3 is 3.10 bits per heavy atom. The Bertz CT molecular complexity index is 846. The van der Waals surface area contributed by atoms with E-state index in [0.717, 1.165) is 22.5 Å². The van der Waals surface area contributed by atoms with Crippen molar-refractivity contribution in [1.82, 2.24) is 20.1 Å². The van der Waals surface area contributed by atoms with Crippen molar-refractivity contribution in [2.75, 3.05) is 0 Å². The lowest BCUT2D eigenvalue weighted by Gasteiger charge is -2.05. The summed E-state index contributed by atoms with van der Waals surface area (Å²) in [6.07, 6.45) is 0. The fourth-order valence-electron chi connectivity index (χ4n) is 2.22. The number of amides is 1. The van der Waals surface area contributed by atoms with Gasteiger partial charge < -0.3 is 9.88 Å². The highest BCUT2D eigenvalue weighted by Gasteiger charge is 2.13. The number of fused-ring (bicyclic) bond motifs is 1. The average molecular weight is 318 g/mol. The van der Waals surface area contributed by atoms with Crippen LogP contribution < -0.4 is 5.32 Å². The number of thiophene rings is 1. The standard InChI is InChI=1S/C14H14N4OS2/c1-2-18-12(16-17-14(18)20)7-15-13(19)10-8-21-11-6-4-3-5-9(10)11/h3-6,8H,2,7H2,1H3,(H,15,19)(H,17,20). The highest BCUT2D eigenvalue weighted by molar-refractivity contribution is 7.71. The van der Waals surface area contributed by atoms with Gasteiger partial charge in [0.15, 0.2) is 10.6 Å². The second kappa shape index (κ2) is 5.79. The monoisotopic (exact) mass is 318 g/mol. The van der Waals surface area contributed by atoms with E-state index in [1.54, 1.807) is 11.3 Å². The first-order valence-electron chi connectivity index (χ1n) is 6.59. The Labute approximate surface area is 130 Å². The fourth-order valence-corrected chi connectivity index (χ4v) is 3.44. The first-order valence-corrected chi connectivity index (χ1v) is 7.88. The van der Waals surface area contributed by atoms with Gasteiger partial charge in [0.2, 0.25) is 0 Å². The second-order valence-electron chi connectivity index (χ2n) is 4.52. The molecule has 0 aliphatic rings. The van der Waals surface area contributed by atoms with Crippen molar-refractivity contribution in [3.05, 3.63) is 45.8 Å². The van der Waals surface area contributed by atoms with Crippen molar-refractivity contribution in [2.24, 2.45) is 0 Å². The molecular weight excluding hydrogens is 304 g/mol. The number of nitrogens with zero attached hydrogens (tertiary/aromatic N) is 2. The van der Waals surface area contributed by atoms with Crippen molar-refractivity contribution in [1.29, 1.82) is 0 Å². The smallest absolute Gasteiger partial charge is 0.253 e. The van der Waals surface area contributed by atoms with Gasteiger partial charge in [-0.2, -0.15) is 5.10 Å². The maximum atomic E-state index is 12.3. The zero-order valence-corrected chi connectivity index (χ0v) is 13.1. The molecule has 2 heterocycles. The van der Waals surface area contributed by atoms with Gasteiger partial charge in [0.05, 0.1) is 12.1 Å². The summed E-state index contributed by atoms with van der Waals surface area (Å²) in [7, 11) is 0. The number of rotatable bonds is 4. The van der Waals surface area contributed by atoms with Crippen molar-refractivity contribution >= 4 is 39.5 Å². The molecule has 0 aliphatic carbocycles. The van der Waals surface area contributed by atoms with Gasteiger partial charge in [-0.1, -0.05) is 18.2 Å². The molecule has 21 heavy (non-hydrogen) atoms. The molecule has 0 fully saturated rings. The third-order valence-corrected chi connectivity index (χ3v) is 4.56. The van der Waals surface area contributed by atoms with Crippen LogP contribution in [0.1, 0.15) is 23.1 Å². The maximum absolute atomic E-state index is 12.3. The zero-order valence-electron chi connectivity index (χ0n) is 11.4. The van der Waals surface area contributed by atoms with Crippen molar-refractivity contribution in [3.63, 3.8) is 0 Å². The predicted molar refractivity (Wildman–Crippen MR) is 86.1 cm³/mol. The van der Waals surface area contributed by atoms with Gasteiger partial charge >= 0.3 is 0 Å². The molecule has 2 aromatic heterocycles. The number of H-pyrrole nitrogens is 1. The van der Waals surface area contributed by atoms with Crippen LogP contribution in [0.3, 0.4) is 0 Å². The van der Waals surface area contributed by atoms with E-state index >= 15 is 0 Å². The van der Waals surface area contributed by atoms with E-state index in [4.69, 9.17) is 12.2 Å². The molecule has 0 saturated carbocycles. The number of aromatic nitrogens is 3. The molecule has 3 aromatic rings. The molecule has 0 radical (unpaired) electrons. The Balaban J connectivity index is 1.79. The summed E-state index contributed by atoms with van der Waals surface area (Å²) in [5.74, 6) is 0.638. The Morgan fingerprint density at radius 1 is 1.48 bits per heavy atom. The lowest BCUT2D eigenvalue weighted by Crippen LogP contribution is -2.24. The lowest BCUT2D eigenvalue weighted by atomic mass is 10.1. The van der Waals surface area contributed by atoms with Gasteiger partial charge in [0, 0.05) is 22.0 Å². The summed E-state index contributed by atoms with van der Waals surface area (Å²) in [5, 5.41) is 12.6. The second-order valence-corrected chi connectivity index (χ2v) is 5.82. The topological polar surface area (TPSA) is 62.7 Å². The minimum Gasteiger partial charge on any atom is -0.345 e. The number of carbonyl (C=O) groups excluding carboxylic acids is 1. The van der Waals surface area contributed by atoms with E-state index in [9.17, 15) is 4.79 Å². The summed E-state index contributed by atoms with van der Waals surface area (Å²) >= 11 is 6.70. The van der Waals surface area contributed by atoms with Crippen molar-refractivity contribution < 1.29 is 4.79 Å². The van der Waals surface area contributed by atoms with E-state index in [-0.39, 0.29) is 5.91 Å². The van der Waals surface area contributed by atoms with E-state index < -0.39 is 0 Å². The Hall–Kier alpha value is -1.99. The molecule has 2 N–H and O–H groups in total. The normalized spacial score (nSPS) is 10.9. The molecule has 0 atom stereocenters. The third-order valence-electron chi connectivity index (χ3n) is 3.29. The molecule has 5 nitrogen and oxygen atoms in total. The summed E-state index contributed by atoms with van der Waals surface area (Å²) in [6.45, 7) is 3.06. The molecule has 3 rings (SSSR count). The molecule has 7 heteroatoms. The molecule has 1 aromatic carbocycles. The summed E-state index contributed by atoms with van der Waals surface area (Å²) in [6, 6.07) is 7.88. The highest BCUT2D eigenvalue weighted by atomic mass is 32.1. The first-order chi connectivity index (χ1) is 10.2. The fraction of sp³-hybridized carbons (Fsp3) is 0.214.